The molecule has 3 N–H and O–H groups in total. The summed E-state index contributed by atoms with van der Waals surface area (Å²) in [4.78, 5) is 14.4. The van der Waals surface area contributed by atoms with Gasteiger partial charge in [0.2, 0.25) is 0 Å². The van der Waals surface area contributed by atoms with E-state index >= 15 is 0 Å². The second kappa shape index (κ2) is 7.38. The second-order valence-corrected chi connectivity index (χ2v) is 5.09. The number of likely N-dealkylation sites (tertiary alicyclic amines) is 1. The lowest BCUT2D eigenvalue weighted by atomic mass is 10.1. The first-order valence-electron chi connectivity index (χ1n) is 7.08. The lowest BCUT2D eigenvalue weighted by molar-refractivity contribution is -0.125. The third kappa shape index (κ3) is 3.79. The van der Waals surface area contributed by atoms with Gasteiger partial charge in [-0.15, -0.1) is 0 Å². The van der Waals surface area contributed by atoms with Gasteiger partial charge >= 0.3 is 0 Å². The molecule has 0 aromatic heterocycles. The molecule has 1 fully saturated rings. The highest BCUT2D eigenvalue weighted by Crippen LogP contribution is 2.20. The van der Waals surface area contributed by atoms with Crippen LogP contribution >= 0.6 is 0 Å². The van der Waals surface area contributed by atoms with Gasteiger partial charge in [0.15, 0.2) is 0 Å². The summed E-state index contributed by atoms with van der Waals surface area (Å²) < 4.78 is 5.06. The van der Waals surface area contributed by atoms with Gasteiger partial charge in [0, 0.05) is 25.9 Å². The Bertz CT molecular complexity index is 440. The maximum atomic E-state index is 12.0. The standard InChI is InChI=1S/C15H23N3O2/c1-20-14(10-16)15(19)17-13-7-3-2-6-12(13)11-18-8-4-5-9-18/h2-3,6-7,14H,4-5,8-11,16H2,1H3,(H,17,19). The zero-order valence-electron chi connectivity index (χ0n) is 12.0. The Labute approximate surface area is 120 Å². The van der Waals surface area contributed by atoms with Crippen LogP contribution in [-0.4, -0.2) is 43.7 Å². The number of nitrogens with zero attached hydrogens (tertiary/aromatic N) is 1. The molecule has 0 saturated carbocycles. The van der Waals surface area contributed by atoms with Gasteiger partial charge in [0.1, 0.15) is 6.10 Å². The molecule has 0 bridgehead atoms. The number of hydrogen-bond acceptors (Lipinski definition) is 4. The first kappa shape index (κ1) is 15.0. The van der Waals surface area contributed by atoms with Gasteiger partial charge in [-0.05, 0) is 37.6 Å². The third-order valence-corrected chi connectivity index (χ3v) is 3.66. The first-order valence-corrected chi connectivity index (χ1v) is 7.08. The Morgan fingerprint density at radius 2 is 2.10 bits per heavy atom. The fraction of sp³-hybridized carbons (Fsp3) is 0.533. The van der Waals surface area contributed by atoms with Crippen LogP contribution in [-0.2, 0) is 16.1 Å². The molecular formula is C15H23N3O2. The summed E-state index contributed by atoms with van der Waals surface area (Å²) >= 11 is 0. The van der Waals surface area contributed by atoms with Gasteiger partial charge in [0.25, 0.3) is 5.91 Å². The van der Waals surface area contributed by atoms with Crippen LogP contribution in [0.1, 0.15) is 18.4 Å². The smallest absolute Gasteiger partial charge is 0.254 e. The largest absolute Gasteiger partial charge is 0.370 e. The van der Waals surface area contributed by atoms with Crippen molar-refractivity contribution in [3.63, 3.8) is 0 Å². The van der Waals surface area contributed by atoms with Crippen LogP contribution in [0.15, 0.2) is 24.3 Å². The van der Waals surface area contributed by atoms with E-state index in [-0.39, 0.29) is 12.5 Å². The third-order valence-electron chi connectivity index (χ3n) is 3.66. The van der Waals surface area contributed by atoms with Gasteiger partial charge in [-0.2, -0.15) is 0 Å². The maximum absolute atomic E-state index is 12.0. The highest BCUT2D eigenvalue weighted by atomic mass is 16.5. The fourth-order valence-electron chi connectivity index (χ4n) is 2.49. The summed E-state index contributed by atoms with van der Waals surface area (Å²) in [7, 11) is 1.49. The van der Waals surface area contributed by atoms with E-state index in [1.165, 1.54) is 20.0 Å². The number of anilines is 1. The Kier molecular flexibility index (Phi) is 5.52. The predicted octanol–water partition coefficient (Wildman–Crippen LogP) is 1.19. The molecule has 1 heterocycles. The van der Waals surface area contributed by atoms with Gasteiger partial charge in [-0.3, -0.25) is 9.69 Å². The predicted molar refractivity (Wildman–Crippen MR) is 79.4 cm³/mol. The number of ether oxygens (including phenoxy) is 1. The number of para-hydroxylation sites is 1. The van der Waals surface area contributed by atoms with E-state index in [1.807, 2.05) is 18.2 Å². The number of hydrogen-bond donors (Lipinski definition) is 2. The minimum absolute atomic E-state index is 0.177. The van der Waals surface area contributed by atoms with Crippen LogP contribution in [0.4, 0.5) is 5.69 Å². The summed E-state index contributed by atoms with van der Waals surface area (Å²) in [5.41, 5.74) is 7.49. The number of amides is 1. The average Bonchev–Trinajstić information content (AvgIpc) is 2.95. The Morgan fingerprint density at radius 3 is 2.75 bits per heavy atom. The van der Waals surface area contributed by atoms with Crippen molar-refractivity contribution in [1.82, 2.24) is 4.90 Å². The van der Waals surface area contributed by atoms with Gasteiger partial charge in [0.05, 0.1) is 0 Å². The van der Waals surface area contributed by atoms with Crippen molar-refractivity contribution in [2.45, 2.75) is 25.5 Å². The summed E-state index contributed by atoms with van der Waals surface area (Å²) in [5.74, 6) is -0.191. The van der Waals surface area contributed by atoms with Crippen molar-refractivity contribution >= 4 is 11.6 Å². The zero-order valence-corrected chi connectivity index (χ0v) is 12.0. The van der Waals surface area contributed by atoms with E-state index in [2.05, 4.69) is 16.3 Å². The van der Waals surface area contributed by atoms with Gasteiger partial charge in [-0.1, -0.05) is 18.2 Å². The number of methoxy groups -OCH3 is 1. The molecule has 1 aromatic carbocycles. The molecule has 1 atom stereocenters. The lowest BCUT2D eigenvalue weighted by Gasteiger charge is -2.19. The Hall–Kier alpha value is -1.43. The number of benzene rings is 1. The minimum Gasteiger partial charge on any atom is -0.370 e. The number of nitrogens with two attached hydrogens (primary N) is 1. The van der Waals surface area contributed by atoms with Gasteiger partial charge < -0.3 is 15.8 Å². The summed E-state index contributed by atoms with van der Waals surface area (Å²) in [6, 6.07) is 7.90. The van der Waals surface area contributed by atoms with E-state index in [9.17, 15) is 4.79 Å². The SMILES string of the molecule is COC(CN)C(=O)Nc1ccccc1CN1CCCC1. The van der Waals surface area contributed by atoms with E-state index in [4.69, 9.17) is 10.5 Å². The average molecular weight is 277 g/mol. The molecule has 0 aliphatic carbocycles. The van der Waals surface area contributed by atoms with Crippen LogP contribution < -0.4 is 11.1 Å². The molecule has 2 rings (SSSR count). The second-order valence-electron chi connectivity index (χ2n) is 5.09. The van der Waals surface area contributed by atoms with E-state index < -0.39 is 6.10 Å². The van der Waals surface area contributed by atoms with E-state index in [0.29, 0.717) is 0 Å². The lowest BCUT2D eigenvalue weighted by Crippen LogP contribution is -2.36. The van der Waals surface area contributed by atoms with Crippen molar-refractivity contribution in [1.29, 1.82) is 0 Å². The molecule has 1 amide bonds. The Balaban J connectivity index is 2.05. The van der Waals surface area contributed by atoms with Crippen LogP contribution in [0.2, 0.25) is 0 Å². The number of carbonyl (C=O) groups is 1. The van der Waals surface area contributed by atoms with Crippen LogP contribution in [0.3, 0.4) is 0 Å². The Morgan fingerprint density at radius 1 is 1.40 bits per heavy atom. The van der Waals surface area contributed by atoms with E-state index in [1.54, 1.807) is 0 Å². The summed E-state index contributed by atoms with van der Waals surface area (Å²) in [5, 5.41) is 2.92. The van der Waals surface area contributed by atoms with Crippen molar-refractivity contribution < 1.29 is 9.53 Å². The van der Waals surface area contributed by atoms with Crippen molar-refractivity contribution in [3.8, 4) is 0 Å². The molecule has 1 unspecified atom stereocenters. The van der Waals surface area contributed by atoms with Crippen molar-refractivity contribution in [3.05, 3.63) is 29.8 Å². The molecule has 0 spiro atoms. The topological polar surface area (TPSA) is 67.6 Å². The molecule has 1 aliphatic heterocycles. The maximum Gasteiger partial charge on any atom is 0.254 e. The quantitative estimate of drug-likeness (QED) is 0.820. The van der Waals surface area contributed by atoms with Crippen molar-refractivity contribution in [2.75, 3.05) is 32.1 Å². The molecular weight excluding hydrogens is 254 g/mol. The van der Waals surface area contributed by atoms with Crippen LogP contribution in [0, 0.1) is 0 Å². The summed E-state index contributed by atoms with van der Waals surface area (Å²) in [6.45, 7) is 3.31. The molecule has 20 heavy (non-hydrogen) atoms. The number of nitrogens with one attached hydrogen (secondary N) is 1. The minimum atomic E-state index is -0.602. The fourth-order valence-corrected chi connectivity index (χ4v) is 2.49. The number of rotatable bonds is 6. The van der Waals surface area contributed by atoms with Crippen molar-refractivity contribution in [2.24, 2.45) is 5.73 Å². The molecule has 1 saturated heterocycles. The molecule has 110 valence electrons. The first-order chi connectivity index (χ1) is 9.74. The highest BCUT2D eigenvalue weighted by molar-refractivity contribution is 5.95. The molecule has 0 radical (unpaired) electrons. The summed E-state index contributed by atoms with van der Waals surface area (Å²) in [6.07, 6.45) is 1.91. The van der Waals surface area contributed by atoms with Gasteiger partial charge in [-0.25, -0.2) is 0 Å². The zero-order chi connectivity index (χ0) is 14.4. The normalized spacial score (nSPS) is 17.1. The van der Waals surface area contributed by atoms with Crippen LogP contribution in [0.25, 0.3) is 0 Å². The monoisotopic (exact) mass is 277 g/mol. The van der Waals surface area contributed by atoms with Crippen LogP contribution in [0.5, 0.6) is 0 Å². The number of carbonyl (C=O) groups excluding carboxylic acids is 1. The van der Waals surface area contributed by atoms with E-state index in [0.717, 1.165) is 30.9 Å². The molecule has 5 heteroatoms. The molecule has 5 nitrogen and oxygen atoms in total. The molecule has 1 aliphatic rings. The molecule has 1 aromatic rings. The highest BCUT2D eigenvalue weighted by Gasteiger charge is 2.18.